The summed E-state index contributed by atoms with van der Waals surface area (Å²) >= 11 is 0. The van der Waals surface area contributed by atoms with Gasteiger partial charge in [-0.15, -0.1) is 0 Å². The maximum Gasteiger partial charge on any atom is 0.224 e. The normalized spacial score (nSPS) is 10.2. The molecule has 0 aromatic carbocycles. The molecule has 1 aromatic rings. The third-order valence-corrected chi connectivity index (χ3v) is 2.09. The second-order valence-corrected chi connectivity index (χ2v) is 3.19. The molecule has 0 atom stereocenters. The first-order chi connectivity index (χ1) is 6.77. The average molecular weight is 194 g/mol. The minimum atomic E-state index is 0.785. The first-order valence-corrected chi connectivity index (χ1v) is 5.00. The van der Waals surface area contributed by atoms with Crippen LogP contribution in [0, 0.1) is 0 Å². The molecule has 14 heavy (non-hydrogen) atoms. The Morgan fingerprint density at radius 3 is 2.43 bits per heavy atom. The SMILES string of the molecule is CCNCc1cnc(N(C)CC)nc1. The molecule has 0 aliphatic carbocycles. The van der Waals surface area contributed by atoms with Gasteiger partial charge in [0.05, 0.1) is 0 Å². The second kappa shape index (κ2) is 5.54. The number of aromatic nitrogens is 2. The van der Waals surface area contributed by atoms with E-state index in [1.807, 2.05) is 24.3 Å². The lowest BCUT2D eigenvalue weighted by molar-refractivity contribution is 0.720. The average Bonchev–Trinajstić information content (AvgIpc) is 2.26. The van der Waals surface area contributed by atoms with Crippen molar-refractivity contribution in [3.05, 3.63) is 18.0 Å². The largest absolute Gasteiger partial charge is 0.344 e. The summed E-state index contributed by atoms with van der Waals surface area (Å²) in [6.07, 6.45) is 3.74. The lowest BCUT2D eigenvalue weighted by atomic mass is 10.3. The number of nitrogens with one attached hydrogen (secondary N) is 1. The van der Waals surface area contributed by atoms with Crippen molar-refractivity contribution in [2.75, 3.05) is 25.0 Å². The van der Waals surface area contributed by atoms with Crippen LogP contribution in [0.2, 0.25) is 0 Å². The van der Waals surface area contributed by atoms with Gasteiger partial charge in [-0.25, -0.2) is 9.97 Å². The highest BCUT2D eigenvalue weighted by Crippen LogP contribution is 2.03. The first kappa shape index (κ1) is 10.9. The standard InChI is InChI=1S/C10H18N4/c1-4-11-6-9-7-12-10(13-8-9)14(3)5-2/h7-8,11H,4-6H2,1-3H3. The molecule has 0 bridgehead atoms. The molecule has 0 fully saturated rings. The molecule has 1 rings (SSSR count). The molecule has 78 valence electrons. The fourth-order valence-corrected chi connectivity index (χ4v) is 1.05. The summed E-state index contributed by atoms with van der Waals surface area (Å²) in [4.78, 5) is 10.6. The van der Waals surface area contributed by atoms with E-state index in [2.05, 4.69) is 29.1 Å². The van der Waals surface area contributed by atoms with E-state index in [0.717, 1.165) is 31.1 Å². The summed E-state index contributed by atoms with van der Waals surface area (Å²) in [5.74, 6) is 0.785. The van der Waals surface area contributed by atoms with Crippen molar-refractivity contribution < 1.29 is 0 Å². The van der Waals surface area contributed by atoms with E-state index in [4.69, 9.17) is 0 Å². The summed E-state index contributed by atoms with van der Waals surface area (Å²) in [6, 6.07) is 0. The maximum atomic E-state index is 4.28. The molecule has 0 amide bonds. The smallest absolute Gasteiger partial charge is 0.224 e. The first-order valence-electron chi connectivity index (χ1n) is 5.00. The van der Waals surface area contributed by atoms with Gasteiger partial charge < -0.3 is 10.2 Å². The molecule has 4 heteroatoms. The fourth-order valence-electron chi connectivity index (χ4n) is 1.05. The Kier molecular flexibility index (Phi) is 4.32. The Bertz CT molecular complexity index is 257. The van der Waals surface area contributed by atoms with E-state index >= 15 is 0 Å². The minimum Gasteiger partial charge on any atom is -0.344 e. The van der Waals surface area contributed by atoms with Crippen molar-refractivity contribution in [2.45, 2.75) is 20.4 Å². The second-order valence-electron chi connectivity index (χ2n) is 3.19. The van der Waals surface area contributed by atoms with Crippen LogP contribution in [0.5, 0.6) is 0 Å². The predicted molar refractivity (Wildman–Crippen MR) is 58.4 cm³/mol. The van der Waals surface area contributed by atoms with Crippen molar-refractivity contribution >= 4 is 5.95 Å². The number of hydrogen-bond acceptors (Lipinski definition) is 4. The molecule has 1 N–H and O–H groups in total. The highest BCUT2D eigenvalue weighted by molar-refractivity contribution is 5.27. The Morgan fingerprint density at radius 2 is 1.93 bits per heavy atom. The molecule has 0 saturated carbocycles. The van der Waals surface area contributed by atoms with E-state index < -0.39 is 0 Å². The molecule has 4 nitrogen and oxygen atoms in total. The van der Waals surface area contributed by atoms with E-state index in [9.17, 15) is 0 Å². The van der Waals surface area contributed by atoms with Gasteiger partial charge >= 0.3 is 0 Å². The van der Waals surface area contributed by atoms with Crippen LogP contribution in [-0.2, 0) is 6.54 Å². The number of rotatable bonds is 5. The molecule has 1 aromatic heterocycles. The quantitative estimate of drug-likeness (QED) is 0.760. The van der Waals surface area contributed by atoms with Crippen molar-refractivity contribution in [1.82, 2.24) is 15.3 Å². The number of nitrogens with zero attached hydrogens (tertiary/aromatic N) is 3. The van der Waals surface area contributed by atoms with E-state index in [1.54, 1.807) is 0 Å². The monoisotopic (exact) mass is 194 g/mol. The maximum absolute atomic E-state index is 4.28. The van der Waals surface area contributed by atoms with E-state index in [-0.39, 0.29) is 0 Å². The topological polar surface area (TPSA) is 41.1 Å². The van der Waals surface area contributed by atoms with Crippen LogP contribution in [0.25, 0.3) is 0 Å². The van der Waals surface area contributed by atoms with Gasteiger partial charge in [0.15, 0.2) is 0 Å². The van der Waals surface area contributed by atoms with Gasteiger partial charge in [-0.1, -0.05) is 6.92 Å². The Morgan fingerprint density at radius 1 is 1.29 bits per heavy atom. The molecular weight excluding hydrogens is 176 g/mol. The number of hydrogen-bond donors (Lipinski definition) is 1. The van der Waals surface area contributed by atoms with Gasteiger partial charge in [-0.2, -0.15) is 0 Å². The van der Waals surface area contributed by atoms with Crippen LogP contribution in [0.1, 0.15) is 19.4 Å². The third kappa shape index (κ3) is 2.96. The summed E-state index contributed by atoms with van der Waals surface area (Å²) in [5.41, 5.74) is 1.13. The highest BCUT2D eigenvalue weighted by atomic mass is 15.2. The van der Waals surface area contributed by atoms with Gasteiger partial charge in [0.2, 0.25) is 5.95 Å². The molecule has 0 aliphatic rings. The van der Waals surface area contributed by atoms with Crippen molar-refractivity contribution in [3.63, 3.8) is 0 Å². The predicted octanol–water partition coefficient (Wildman–Crippen LogP) is 1.04. The number of anilines is 1. The van der Waals surface area contributed by atoms with Crippen LogP contribution < -0.4 is 10.2 Å². The van der Waals surface area contributed by atoms with Crippen LogP contribution in [-0.4, -0.2) is 30.1 Å². The molecular formula is C10H18N4. The zero-order valence-corrected chi connectivity index (χ0v) is 9.12. The molecule has 1 heterocycles. The van der Waals surface area contributed by atoms with Gasteiger partial charge in [0, 0.05) is 38.1 Å². The third-order valence-electron chi connectivity index (χ3n) is 2.09. The summed E-state index contributed by atoms with van der Waals surface area (Å²) in [6.45, 7) is 6.89. The zero-order chi connectivity index (χ0) is 10.4. The van der Waals surface area contributed by atoms with Crippen molar-refractivity contribution in [2.24, 2.45) is 0 Å². The molecule has 0 aliphatic heterocycles. The van der Waals surface area contributed by atoms with Crippen LogP contribution >= 0.6 is 0 Å². The zero-order valence-electron chi connectivity index (χ0n) is 9.12. The van der Waals surface area contributed by atoms with Crippen molar-refractivity contribution in [3.8, 4) is 0 Å². The van der Waals surface area contributed by atoms with Crippen LogP contribution in [0.15, 0.2) is 12.4 Å². The minimum absolute atomic E-state index is 0.785. The van der Waals surface area contributed by atoms with Crippen LogP contribution in [0.4, 0.5) is 5.95 Å². The summed E-state index contributed by atoms with van der Waals surface area (Å²) in [5, 5.41) is 3.23. The molecule has 0 saturated heterocycles. The fraction of sp³-hybridized carbons (Fsp3) is 0.600. The Hall–Kier alpha value is -1.16. The highest BCUT2D eigenvalue weighted by Gasteiger charge is 2.00. The van der Waals surface area contributed by atoms with Gasteiger partial charge in [0.1, 0.15) is 0 Å². The lowest BCUT2D eigenvalue weighted by Crippen LogP contribution is -2.19. The molecule has 0 unspecified atom stereocenters. The van der Waals surface area contributed by atoms with Gasteiger partial charge in [-0.3, -0.25) is 0 Å². The Labute approximate surface area is 85.4 Å². The molecule has 0 spiro atoms. The Balaban J connectivity index is 2.59. The van der Waals surface area contributed by atoms with Gasteiger partial charge in [0.25, 0.3) is 0 Å². The van der Waals surface area contributed by atoms with Crippen molar-refractivity contribution in [1.29, 1.82) is 0 Å². The summed E-state index contributed by atoms with van der Waals surface area (Å²) < 4.78 is 0. The lowest BCUT2D eigenvalue weighted by Gasteiger charge is -2.13. The molecule has 0 radical (unpaired) electrons. The van der Waals surface area contributed by atoms with E-state index in [1.165, 1.54) is 0 Å². The van der Waals surface area contributed by atoms with Gasteiger partial charge in [-0.05, 0) is 13.5 Å². The summed E-state index contributed by atoms with van der Waals surface area (Å²) in [7, 11) is 1.99. The van der Waals surface area contributed by atoms with Crippen LogP contribution in [0.3, 0.4) is 0 Å². The van der Waals surface area contributed by atoms with E-state index in [0.29, 0.717) is 0 Å².